The van der Waals surface area contributed by atoms with Gasteiger partial charge in [0.25, 0.3) is 0 Å². The number of Topliss-reactive ketones (excluding diaryl/α,β-unsaturated/α-hetero) is 1. The Bertz CT molecular complexity index is 1470. The molecule has 1 atom stereocenters. The minimum absolute atomic E-state index is 0.0425. The van der Waals surface area contributed by atoms with E-state index in [4.69, 9.17) is 11.6 Å². The van der Waals surface area contributed by atoms with Crippen molar-refractivity contribution in [1.82, 2.24) is 5.32 Å². The number of hydrogen-bond acceptors (Lipinski definition) is 5. The van der Waals surface area contributed by atoms with Crippen molar-refractivity contribution in [2.24, 2.45) is 5.41 Å². The van der Waals surface area contributed by atoms with Gasteiger partial charge in [0.15, 0.2) is 5.78 Å². The molecule has 1 N–H and O–H groups in total. The van der Waals surface area contributed by atoms with E-state index in [0.29, 0.717) is 34.0 Å². The van der Waals surface area contributed by atoms with Gasteiger partial charge in [0.1, 0.15) is 0 Å². The van der Waals surface area contributed by atoms with E-state index in [1.54, 1.807) is 17.0 Å². The number of rotatable bonds is 6. The number of nitriles is 1. The molecule has 1 aliphatic heterocycles. The van der Waals surface area contributed by atoms with E-state index in [1.807, 2.05) is 72.8 Å². The van der Waals surface area contributed by atoms with Gasteiger partial charge in [-0.25, -0.2) is 0 Å². The number of benzene rings is 3. The number of anilines is 2. The maximum absolute atomic E-state index is 13.7. The van der Waals surface area contributed by atoms with Crippen LogP contribution in [0.1, 0.15) is 38.2 Å². The molecule has 3 aromatic rings. The predicted octanol–water partition coefficient (Wildman–Crippen LogP) is 7.50. The van der Waals surface area contributed by atoms with Crippen LogP contribution in [-0.2, 0) is 9.59 Å². The lowest BCUT2D eigenvalue weighted by Crippen LogP contribution is -2.37. The Kier molecular flexibility index (Phi) is 7.65. The third kappa shape index (κ3) is 5.66. The second-order valence-corrected chi connectivity index (χ2v) is 11.9. The van der Waals surface area contributed by atoms with Gasteiger partial charge < -0.3 is 5.32 Å². The molecule has 0 bridgehead atoms. The highest BCUT2D eigenvalue weighted by Gasteiger charge is 2.42. The molecule has 2 aliphatic rings. The first kappa shape index (κ1) is 26.8. The summed E-state index contributed by atoms with van der Waals surface area (Å²) in [7, 11) is 0. The lowest BCUT2D eigenvalue weighted by Gasteiger charge is -2.39. The second-order valence-electron chi connectivity index (χ2n) is 10.5. The number of amides is 1. The molecule has 39 heavy (non-hydrogen) atoms. The number of ketones is 1. The molecule has 1 heterocycles. The fraction of sp³-hybridized carbons (Fsp3) is 0.219. The van der Waals surface area contributed by atoms with Crippen LogP contribution in [0.2, 0.25) is 5.02 Å². The molecule has 0 fully saturated rings. The van der Waals surface area contributed by atoms with Crippen molar-refractivity contribution in [1.29, 1.82) is 5.26 Å². The van der Waals surface area contributed by atoms with Gasteiger partial charge in [0, 0.05) is 34.1 Å². The van der Waals surface area contributed by atoms with Crippen LogP contribution in [0.3, 0.4) is 0 Å². The molecule has 0 radical (unpaired) electrons. The lowest BCUT2D eigenvalue weighted by atomic mass is 9.69. The molecular weight excluding hydrogens is 526 g/mol. The number of halogens is 1. The van der Waals surface area contributed by atoms with Crippen molar-refractivity contribution in [3.63, 3.8) is 0 Å². The maximum atomic E-state index is 13.7. The Morgan fingerprint density at radius 3 is 2.15 bits per heavy atom. The molecule has 1 aliphatic carbocycles. The Balaban J connectivity index is 1.50. The lowest BCUT2D eigenvalue weighted by molar-refractivity contribution is -0.118. The summed E-state index contributed by atoms with van der Waals surface area (Å²) in [5.74, 6) is -0.484. The monoisotopic (exact) mass is 553 g/mol. The van der Waals surface area contributed by atoms with Gasteiger partial charge in [0.05, 0.1) is 28.3 Å². The van der Waals surface area contributed by atoms with E-state index < -0.39 is 5.92 Å². The number of thioether (sulfide) groups is 1. The van der Waals surface area contributed by atoms with E-state index >= 15 is 0 Å². The van der Waals surface area contributed by atoms with Crippen LogP contribution in [0.15, 0.2) is 107 Å². The Morgan fingerprint density at radius 1 is 1.00 bits per heavy atom. The molecule has 1 amide bonds. The highest BCUT2D eigenvalue weighted by molar-refractivity contribution is 8.03. The topological polar surface area (TPSA) is 73.2 Å². The Labute approximate surface area is 238 Å². The number of allylic oxidation sites excluding steroid dienone is 3. The summed E-state index contributed by atoms with van der Waals surface area (Å²) in [6, 6.07) is 28.7. The molecule has 0 saturated carbocycles. The number of nitrogens with one attached hydrogen (secondary N) is 1. The highest BCUT2D eigenvalue weighted by Crippen LogP contribution is 2.48. The fourth-order valence-electron chi connectivity index (χ4n) is 5.27. The summed E-state index contributed by atoms with van der Waals surface area (Å²) >= 11 is 7.45. The number of dihydropyridines is 1. The summed E-state index contributed by atoms with van der Waals surface area (Å²) in [6.07, 6.45) is 1.09. The zero-order valence-electron chi connectivity index (χ0n) is 21.8. The van der Waals surface area contributed by atoms with Crippen molar-refractivity contribution < 1.29 is 9.59 Å². The molecule has 5 rings (SSSR count). The highest BCUT2D eigenvalue weighted by atomic mass is 35.5. The quantitative estimate of drug-likeness (QED) is 0.342. The van der Waals surface area contributed by atoms with E-state index in [1.165, 1.54) is 11.8 Å². The van der Waals surface area contributed by atoms with Crippen LogP contribution in [0, 0.1) is 16.7 Å². The Morgan fingerprint density at radius 2 is 1.59 bits per heavy atom. The van der Waals surface area contributed by atoms with Crippen LogP contribution >= 0.6 is 23.4 Å². The molecule has 196 valence electrons. The van der Waals surface area contributed by atoms with Gasteiger partial charge in [-0.05, 0) is 53.8 Å². The number of para-hydroxylation sites is 2. The summed E-state index contributed by atoms with van der Waals surface area (Å²) in [5, 5.41) is 14.9. The number of carbonyl (C=O) groups is 2. The van der Waals surface area contributed by atoms with Crippen molar-refractivity contribution in [3.05, 3.63) is 117 Å². The smallest absolute Gasteiger partial charge is 0.241 e. The van der Waals surface area contributed by atoms with E-state index in [9.17, 15) is 14.9 Å². The minimum Gasteiger partial charge on any atom is -0.352 e. The summed E-state index contributed by atoms with van der Waals surface area (Å²) in [5.41, 5.74) is 4.06. The normalized spacial score (nSPS) is 18.2. The molecule has 7 heteroatoms. The van der Waals surface area contributed by atoms with Crippen LogP contribution in [0.25, 0.3) is 0 Å². The Hall–Kier alpha value is -3.79. The van der Waals surface area contributed by atoms with Crippen LogP contribution in [0.4, 0.5) is 11.4 Å². The first-order valence-corrected chi connectivity index (χ1v) is 14.1. The minimum atomic E-state index is -0.510. The van der Waals surface area contributed by atoms with E-state index in [2.05, 4.69) is 25.2 Å². The molecule has 3 aromatic carbocycles. The van der Waals surface area contributed by atoms with E-state index in [0.717, 1.165) is 22.6 Å². The van der Waals surface area contributed by atoms with Gasteiger partial charge in [-0.15, -0.1) is 0 Å². The standard InChI is InChI=1S/C32H28ClN3O2S/c1-32(2)17-26-30(27(37)18-32)29(21-13-15-22(33)16-14-21)25(19-34)31(35-26)39-20-28(38)36(23-9-5-3-6-10-23)24-11-7-4-8-12-24/h3-16,29,35H,17-18,20H2,1-2H3. The first-order valence-electron chi connectivity index (χ1n) is 12.8. The maximum Gasteiger partial charge on any atom is 0.241 e. The van der Waals surface area contributed by atoms with Crippen molar-refractivity contribution >= 4 is 46.4 Å². The van der Waals surface area contributed by atoms with Gasteiger partial charge in [-0.1, -0.05) is 85.7 Å². The van der Waals surface area contributed by atoms with Crippen LogP contribution < -0.4 is 10.2 Å². The second kappa shape index (κ2) is 11.1. The van der Waals surface area contributed by atoms with Gasteiger partial charge in [-0.2, -0.15) is 5.26 Å². The first-order chi connectivity index (χ1) is 18.8. The van der Waals surface area contributed by atoms with Crippen LogP contribution in [-0.4, -0.2) is 17.4 Å². The fourth-order valence-corrected chi connectivity index (χ4v) is 6.31. The van der Waals surface area contributed by atoms with Crippen molar-refractivity contribution in [3.8, 4) is 6.07 Å². The van der Waals surface area contributed by atoms with Gasteiger partial charge in [-0.3, -0.25) is 14.5 Å². The summed E-state index contributed by atoms with van der Waals surface area (Å²) in [4.78, 5) is 28.8. The summed E-state index contributed by atoms with van der Waals surface area (Å²) in [6.45, 7) is 4.15. The van der Waals surface area contributed by atoms with Crippen molar-refractivity contribution in [2.75, 3.05) is 10.7 Å². The van der Waals surface area contributed by atoms with Crippen molar-refractivity contribution in [2.45, 2.75) is 32.6 Å². The average molecular weight is 554 g/mol. The predicted molar refractivity (Wildman–Crippen MR) is 158 cm³/mol. The number of hydrogen-bond donors (Lipinski definition) is 1. The number of carbonyl (C=O) groups excluding carboxylic acids is 2. The van der Waals surface area contributed by atoms with Gasteiger partial charge in [0.2, 0.25) is 5.91 Å². The molecule has 5 nitrogen and oxygen atoms in total. The molecule has 0 aromatic heterocycles. The third-order valence-corrected chi connectivity index (χ3v) is 8.20. The largest absolute Gasteiger partial charge is 0.352 e. The molecule has 1 unspecified atom stereocenters. The zero-order chi connectivity index (χ0) is 27.6. The van der Waals surface area contributed by atoms with Gasteiger partial charge >= 0.3 is 0 Å². The third-order valence-electron chi connectivity index (χ3n) is 6.95. The van der Waals surface area contributed by atoms with E-state index in [-0.39, 0.29) is 22.9 Å². The summed E-state index contributed by atoms with van der Waals surface area (Å²) < 4.78 is 0. The molecule has 0 saturated heterocycles. The zero-order valence-corrected chi connectivity index (χ0v) is 23.4. The SMILES string of the molecule is CC1(C)CC(=O)C2=C(C1)NC(SCC(=O)N(c1ccccc1)c1ccccc1)=C(C#N)C2c1ccc(Cl)cc1. The van der Waals surface area contributed by atoms with Crippen LogP contribution in [0.5, 0.6) is 0 Å². The molecule has 0 spiro atoms. The molecular formula is C32H28ClN3O2S. The number of nitrogens with zero attached hydrogens (tertiary/aromatic N) is 2. The average Bonchev–Trinajstić information content (AvgIpc) is 2.92.